The number of rotatable bonds is 5. The molecule has 0 saturated carbocycles. The van der Waals surface area contributed by atoms with E-state index in [1.165, 1.54) is 13.0 Å². The first-order chi connectivity index (χ1) is 11.3. The van der Waals surface area contributed by atoms with Crippen LogP contribution in [0, 0.1) is 12.7 Å². The highest BCUT2D eigenvalue weighted by Crippen LogP contribution is 2.18. The Morgan fingerprint density at radius 2 is 1.67 bits per heavy atom. The summed E-state index contributed by atoms with van der Waals surface area (Å²) in [6.45, 7) is 4.67. The molecule has 1 unspecified atom stereocenters. The van der Waals surface area contributed by atoms with E-state index in [4.69, 9.17) is 4.74 Å². The second-order valence-corrected chi connectivity index (χ2v) is 5.42. The van der Waals surface area contributed by atoms with Crippen LogP contribution in [0.15, 0.2) is 42.5 Å². The van der Waals surface area contributed by atoms with Crippen molar-refractivity contribution in [2.45, 2.75) is 26.9 Å². The molecular weight excluding hydrogens is 311 g/mol. The van der Waals surface area contributed by atoms with E-state index in [0.717, 1.165) is 0 Å². The Bertz CT molecular complexity index is 744. The number of carbonyl (C=O) groups excluding carboxylic acids is 2. The Labute approximate surface area is 139 Å². The predicted octanol–water partition coefficient (Wildman–Crippen LogP) is 3.50. The third-order valence-corrected chi connectivity index (χ3v) is 3.30. The number of anilines is 2. The molecule has 2 aromatic carbocycles. The molecule has 2 amide bonds. The molecule has 126 valence electrons. The molecule has 2 N–H and O–H groups in total. The van der Waals surface area contributed by atoms with Gasteiger partial charge in [-0.3, -0.25) is 9.59 Å². The number of hydrogen-bond acceptors (Lipinski definition) is 3. The normalized spacial score (nSPS) is 11.5. The lowest BCUT2D eigenvalue weighted by Crippen LogP contribution is -2.30. The van der Waals surface area contributed by atoms with Crippen molar-refractivity contribution in [3.63, 3.8) is 0 Å². The van der Waals surface area contributed by atoms with Gasteiger partial charge in [0.25, 0.3) is 5.91 Å². The Hall–Kier alpha value is -2.89. The summed E-state index contributed by atoms with van der Waals surface area (Å²) in [4.78, 5) is 23.1. The number of benzene rings is 2. The predicted molar refractivity (Wildman–Crippen MR) is 90.6 cm³/mol. The van der Waals surface area contributed by atoms with E-state index in [1.807, 2.05) is 0 Å². The summed E-state index contributed by atoms with van der Waals surface area (Å²) in [5.41, 5.74) is 1.53. The lowest BCUT2D eigenvalue weighted by Gasteiger charge is -2.15. The quantitative estimate of drug-likeness (QED) is 0.882. The summed E-state index contributed by atoms with van der Waals surface area (Å²) in [5.74, 6) is -0.442. The molecule has 0 aliphatic heterocycles. The molecule has 2 aromatic rings. The van der Waals surface area contributed by atoms with Crippen molar-refractivity contribution in [3.8, 4) is 5.75 Å². The molecule has 5 nitrogen and oxygen atoms in total. The fourth-order valence-electron chi connectivity index (χ4n) is 1.99. The van der Waals surface area contributed by atoms with Crippen LogP contribution in [0.5, 0.6) is 5.75 Å². The maximum absolute atomic E-state index is 13.5. The van der Waals surface area contributed by atoms with Crippen LogP contribution < -0.4 is 15.4 Å². The van der Waals surface area contributed by atoms with Crippen LogP contribution in [0.4, 0.5) is 15.8 Å². The van der Waals surface area contributed by atoms with Crippen LogP contribution in [-0.2, 0) is 9.59 Å². The number of hydrogen-bond donors (Lipinski definition) is 2. The highest BCUT2D eigenvalue weighted by molar-refractivity contribution is 5.94. The van der Waals surface area contributed by atoms with Crippen molar-refractivity contribution >= 4 is 23.2 Å². The molecule has 0 spiro atoms. The Kier molecular flexibility index (Phi) is 5.52. The SMILES string of the molecule is CC(=O)Nc1ccc(OC(C)C(=O)Nc2ccc(C)c(F)c2)cc1. The molecule has 0 aliphatic carbocycles. The average molecular weight is 330 g/mol. The first-order valence-corrected chi connectivity index (χ1v) is 7.46. The van der Waals surface area contributed by atoms with E-state index < -0.39 is 6.10 Å². The number of nitrogens with one attached hydrogen (secondary N) is 2. The van der Waals surface area contributed by atoms with Crippen molar-refractivity contribution < 1.29 is 18.7 Å². The molecule has 0 heterocycles. The zero-order chi connectivity index (χ0) is 17.7. The molecule has 0 saturated heterocycles. The monoisotopic (exact) mass is 330 g/mol. The standard InChI is InChI=1S/C18H19FN2O3/c1-11-4-5-15(10-17(11)19)21-18(23)12(2)24-16-8-6-14(7-9-16)20-13(3)22/h4-10,12H,1-3H3,(H,20,22)(H,21,23). The second-order valence-electron chi connectivity index (χ2n) is 5.42. The first kappa shape index (κ1) is 17.5. The second kappa shape index (κ2) is 7.59. The minimum absolute atomic E-state index is 0.165. The lowest BCUT2D eigenvalue weighted by atomic mass is 10.2. The summed E-state index contributed by atoms with van der Waals surface area (Å²) >= 11 is 0. The van der Waals surface area contributed by atoms with Crippen LogP contribution in [0.2, 0.25) is 0 Å². The zero-order valence-electron chi connectivity index (χ0n) is 13.7. The van der Waals surface area contributed by atoms with Crippen LogP contribution in [0.25, 0.3) is 0 Å². The molecule has 24 heavy (non-hydrogen) atoms. The first-order valence-electron chi connectivity index (χ1n) is 7.46. The zero-order valence-corrected chi connectivity index (χ0v) is 13.7. The molecule has 0 bridgehead atoms. The fourth-order valence-corrected chi connectivity index (χ4v) is 1.99. The number of ether oxygens (including phenoxy) is 1. The van der Waals surface area contributed by atoms with E-state index in [-0.39, 0.29) is 17.6 Å². The van der Waals surface area contributed by atoms with Crippen LogP contribution in [0.3, 0.4) is 0 Å². The van der Waals surface area contributed by atoms with Crippen molar-refractivity contribution in [2.75, 3.05) is 10.6 Å². The van der Waals surface area contributed by atoms with E-state index in [1.54, 1.807) is 50.2 Å². The van der Waals surface area contributed by atoms with E-state index in [0.29, 0.717) is 22.7 Å². The molecule has 6 heteroatoms. The minimum Gasteiger partial charge on any atom is -0.481 e. The van der Waals surface area contributed by atoms with Gasteiger partial charge in [-0.1, -0.05) is 6.07 Å². The molecule has 0 aromatic heterocycles. The van der Waals surface area contributed by atoms with Gasteiger partial charge in [0.1, 0.15) is 11.6 Å². The number of halogens is 1. The van der Waals surface area contributed by atoms with Crippen molar-refractivity contribution in [3.05, 3.63) is 53.8 Å². The van der Waals surface area contributed by atoms with Crippen molar-refractivity contribution in [2.24, 2.45) is 0 Å². The summed E-state index contributed by atoms with van der Waals surface area (Å²) in [7, 11) is 0. The Balaban J connectivity index is 1.95. The molecular formula is C18H19FN2O3. The molecule has 0 aliphatic rings. The van der Waals surface area contributed by atoms with Crippen LogP contribution in [-0.4, -0.2) is 17.9 Å². The molecule has 0 fully saturated rings. The average Bonchev–Trinajstić information content (AvgIpc) is 2.52. The molecule has 0 radical (unpaired) electrons. The minimum atomic E-state index is -0.763. The van der Waals surface area contributed by atoms with Gasteiger partial charge in [-0.05, 0) is 55.8 Å². The maximum Gasteiger partial charge on any atom is 0.265 e. The number of carbonyl (C=O) groups is 2. The molecule has 2 rings (SSSR count). The number of aryl methyl sites for hydroxylation is 1. The Morgan fingerprint density at radius 3 is 2.25 bits per heavy atom. The topological polar surface area (TPSA) is 67.4 Å². The smallest absolute Gasteiger partial charge is 0.265 e. The van der Waals surface area contributed by atoms with Crippen LogP contribution in [0.1, 0.15) is 19.4 Å². The van der Waals surface area contributed by atoms with Gasteiger partial charge >= 0.3 is 0 Å². The van der Waals surface area contributed by atoms with Gasteiger partial charge < -0.3 is 15.4 Å². The van der Waals surface area contributed by atoms with Gasteiger partial charge in [0.15, 0.2) is 6.10 Å². The maximum atomic E-state index is 13.5. The van der Waals surface area contributed by atoms with Gasteiger partial charge in [0.2, 0.25) is 5.91 Å². The van der Waals surface area contributed by atoms with E-state index >= 15 is 0 Å². The lowest BCUT2D eigenvalue weighted by molar-refractivity contribution is -0.122. The van der Waals surface area contributed by atoms with Gasteiger partial charge in [0, 0.05) is 18.3 Å². The highest BCUT2D eigenvalue weighted by atomic mass is 19.1. The summed E-state index contributed by atoms with van der Waals surface area (Å²) in [6, 6.07) is 11.2. The number of amides is 2. The van der Waals surface area contributed by atoms with Gasteiger partial charge in [0.05, 0.1) is 0 Å². The largest absolute Gasteiger partial charge is 0.481 e. The Morgan fingerprint density at radius 1 is 1.04 bits per heavy atom. The van der Waals surface area contributed by atoms with Crippen molar-refractivity contribution in [1.82, 2.24) is 0 Å². The highest BCUT2D eigenvalue weighted by Gasteiger charge is 2.15. The van der Waals surface area contributed by atoms with Gasteiger partial charge in [-0.25, -0.2) is 4.39 Å². The van der Waals surface area contributed by atoms with Gasteiger partial charge in [-0.15, -0.1) is 0 Å². The fraction of sp³-hybridized carbons (Fsp3) is 0.222. The summed E-state index contributed by atoms with van der Waals surface area (Å²) < 4.78 is 19.0. The van der Waals surface area contributed by atoms with E-state index in [2.05, 4.69) is 10.6 Å². The van der Waals surface area contributed by atoms with E-state index in [9.17, 15) is 14.0 Å². The van der Waals surface area contributed by atoms with Crippen LogP contribution >= 0.6 is 0 Å². The van der Waals surface area contributed by atoms with Crippen molar-refractivity contribution in [1.29, 1.82) is 0 Å². The van der Waals surface area contributed by atoms with Gasteiger partial charge in [-0.2, -0.15) is 0 Å². The third-order valence-electron chi connectivity index (χ3n) is 3.30. The summed E-state index contributed by atoms with van der Waals surface area (Å²) in [5, 5.41) is 5.25. The summed E-state index contributed by atoms with van der Waals surface area (Å²) in [6.07, 6.45) is -0.763. The molecule has 1 atom stereocenters. The third kappa shape index (κ3) is 4.81.